The smallest absolute Gasteiger partial charge is 0.330 e. The molecule has 0 saturated heterocycles. The van der Waals surface area contributed by atoms with E-state index in [4.69, 9.17) is 17.3 Å². The van der Waals surface area contributed by atoms with Crippen LogP contribution in [0.25, 0.3) is 0 Å². The Hall–Kier alpha value is -0.740. The van der Waals surface area contributed by atoms with Gasteiger partial charge in [0.05, 0.1) is 10.6 Å². The molecule has 1 nitrogen and oxygen atoms in total. The molecule has 100 valence electrons. The van der Waals surface area contributed by atoms with Crippen molar-refractivity contribution in [1.82, 2.24) is 0 Å². The van der Waals surface area contributed by atoms with E-state index < -0.39 is 11.7 Å². The minimum Gasteiger partial charge on any atom is -0.330 e. The first-order chi connectivity index (χ1) is 8.19. The Morgan fingerprint density at radius 2 is 1.94 bits per heavy atom. The third-order valence-electron chi connectivity index (χ3n) is 3.96. The molecule has 0 aromatic heterocycles. The molecule has 18 heavy (non-hydrogen) atoms. The summed E-state index contributed by atoms with van der Waals surface area (Å²) in [5, 5.41) is -0.238. The van der Waals surface area contributed by atoms with E-state index in [1.165, 1.54) is 12.1 Å². The van der Waals surface area contributed by atoms with Crippen LogP contribution in [0.3, 0.4) is 0 Å². The normalized spacial score (nSPS) is 26.2. The molecule has 1 aliphatic rings. The van der Waals surface area contributed by atoms with Gasteiger partial charge in [0.15, 0.2) is 0 Å². The first-order valence-corrected chi connectivity index (χ1v) is 6.14. The van der Waals surface area contributed by atoms with Crippen molar-refractivity contribution in [2.45, 2.75) is 25.9 Å². The molecule has 1 fully saturated rings. The lowest BCUT2D eigenvalue weighted by Gasteiger charge is -2.11. The van der Waals surface area contributed by atoms with Crippen LogP contribution >= 0.6 is 11.6 Å². The molecule has 2 rings (SSSR count). The average Bonchev–Trinajstić information content (AvgIpc) is 2.78. The van der Waals surface area contributed by atoms with Gasteiger partial charge in [-0.3, -0.25) is 0 Å². The molecule has 0 unspecified atom stereocenters. The molecule has 0 radical (unpaired) electrons. The van der Waals surface area contributed by atoms with Crippen LogP contribution in [-0.4, -0.2) is 6.54 Å². The molecule has 1 aliphatic carbocycles. The fourth-order valence-corrected chi connectivity index (χ4v) is 3.10. The topological polar surface area (TPSA) is 26.0 Å². The number of hydrogen-bond donors (Lipinski definition) is 1. The van der Waals surface area contributed by atoms with Crippen LogP contribution < -0.4 is 5.73 Å². The van der Waals surface area contributed by atoms with E-state index in [-0.39, 0.29) is 16.4 Å². The summed E-state index contributed by atoms with van der Waals surface area (Å²) in [6, 6.07) is 3.99. The highest BCUT2D eigenvalue weighted by atomic mass is 35.5. The van der Waals surface area contributed by atoms with E-state index in [2.05, 4.69) is 13.8 Å². The summed E-state index contributed by atoms with van der Waals surface area (Å²) in [5.41, 5.74) is 5.76. The van der Waals surface area contributed by atoms with Crippen LogP contribution in [0.15, 0.2) is 18.2 Å². The van der Waals surface area contributed by atoms with Gasteiger partial charge in [-0.2, -0.15) is 13.2 Å². The van der Waals surface area contributed by atoms with E-state index in [1.807, 2.05) is 0 Å². The maximum absolute atomic E-state index is 12.6. The van der Waals surface area contributed by atoms with Gasteiger partial charge in [-0.1, -0.05) is 31.5 Å². The SMILES string of the molecule is CC1(C)[C@@H](CN)[C@@H]1c1ccc(C(F)(F)F)c(Cl)c1. The van der Waals surface area contributed by atoms with Crippen molar-refractivity contribution < 1.29 is 13.2 Å². The predicted octanol–water partition coefficient (Wildman–Crippen LogP) is 4.06. The van der Waals surface area contributed by atoms with E-state index in [9.17, 15) is 13.2 Å². The number of alkyl halides is 3. The highest BCUT2D eigenvalue weighted by Crippen LogP contribution is 2.64. The lowest BCUT2D eigenvalue weighted by Crippen LogP contribution is -2.06. The van der Waals surface area contributed by atoms with Gasteiger partial charge < -0.3 is 5.73 Å². The highest BCUT2D eigenvalue weighted by molar-refractivity contribution is 6.31. The standard InChI is InChI=1S/C13H15ClF3N/c1-12(2)9(6-18)11(12)7-3-4-8(10(14)5-7)13(15,16)17/h3-5,9,11H,6,18H2,1-2H3/t9-,11-/m0/s1. The largest absolute Gasteiger partial charge is 0.417 e. The molecule has 1 saturated carbocycles. The van der Waals surface area contributed by atoms with Crippen LogP contribution in [0.4, 0.5) is 13.2 Å². The second-order valence-corrected chi connectivity index (χ2v) is 5.79. The predicted molar refractivity (Wildman–Crippen MR) is 65.5 cm³/mol. The Morgan fingerprint density at radius 1 is 1.33 bits per heavy atom. The van der Waals surface area contributed by atoms with Gasteiger partial charge in [0, 0.05) is 0 Å². The molecule has 0 aliphatic heterocycles. The van der Waals surface area contributed by atoms with Crippen LogP contribution in [0.1, 0.15) is 30.9 Å². The lowest BCUT2D eigenvalue weighted by atomic mass is 10.0. The zero-order valence-electron chi connectivity index (χ0n) is 10.2. The maximum atomic E-state index is 12.6. The minimum absolute atomic E-state index is 0.0395. The third kappa shape index (κ3) is 2.12. The summed E-state index contributed by atoms with van der Waals surface area (Å²) in [6.07, 6.45) is -4.40. The fourth-order valence-electron chi connectivity index (χ4n) is 2.80. The monoisotopic (exact) mass is 277 g/mol. The number of rotatable bonds is 2. The van der Waals surface area contributed by atoms with Crippen molar-refractivity contribution in [3.8, 4) is 0 Å². The van der Waals surface area contributed by atoms with Crippen molar-refractivity contribution in [2.24, 2.45) is 17.1 Å². The minimum atomic E-state index is -4.40. The van der Waals surface area contributed by atoms with Crippen LogP contribution in [0, 0.1) is 11.3 Å². The molecule has 0 heterocycles. The second-order valence-electron chi connectivity index (χ2n) is 5.38. The molecule has 0 amide bonds. The number of hydrogen-bond acceptors (Lipinski definition) is 1. The molecular weight excluding hydrogens is 263 g/mol. The van der Waals surface area contributed by atoms with E-state index in [1.54, 1.807) is 0 Å². The third-order valence-corrected chi connectivity index (χ3v) is 4.27. The Bertz CT molecular complexity index is 468. The Morgan fingerprint density at radius 3 is 2.33 bits per heavy atom. The molecule has 1 aromatic carbocycles. The van der Waals surface area contributed by atoms with Crippen molar-refractivity contribution >= 4 is 11.6 Å². The zero-order chi connectivity index (χ0) is 13.7. The summed E-state index contributed by atoms with van der Waals surface area (Å²) in [4.78, 5) is 0. The summed E-state index contributed by atoms with van der Waals surface area (Å²) in [5.74, 6) is 0.507. The van der Waals surface area contributed by atoms with Crippen molar-refractivity contribution in [3.63, 3.8) is 0 Å². The van der Waals surface area contributed by atoms with Crippen molar-refractivity contribution in [1.29, 1.82) is 0 Å². The van der Waals surface area contributed by atoms with Gasteiger partial charge in [0.2, 0.25) is 0 Å². The van der Waals surface area contributed by atoms with Gasteiger partial charge in [-0.25, -0.2) is 0 Å². The molecule has 0 bridgehead atoms. The summed E-state index contributed by atoms with van der Waals surface area (Å²) in [6.45, 7) is 4.68. The van der Waals surface area contributed by atoms with Gasteiger partial charge in [-0.15, -0.1) is 0 Å². The van der Waals surface area contributed by atoms with Crippen LogP contribution in [-0.2, 0) is 6.18 Å². The van der Waals surface area contributed by atoms with Crippen LogP contribution in [0.5, 0.6) is 0 Å². The molecule has 5 heteroatoms. The van der Waals surface area contributed by atoms with Gasteiger partial charge in [-0.05, 0) is 41.5 Å². The van der Waals surface area contributed by atoms with E-state index >= 15 is 0 Å². The Labute approximate surface area is 109 Å². The van der Waals surface area contributed by atoms with Crippen molar-refractivity contribution in [3.05, 3.63) is 34.3 Å². The van der Waals surface area contributed by atoms with Gasteiger partial charge in [0.25, 0.3) is 0 Å². The van der Waals surface area contributed by atoms with Crippen molar-refractivity contribution in [2.75, 3.05) is 6.54 Å². The second kappa shape index (κ2) is 4.14. The Kier molecular flexibility index (Phi) is 3.14. The first-order valence-electron chi connectivity index (χ1n) is 5.76. The maximum Gasteiger partial charge on any atom is 0.417 e. The number of halogens is 4. The Balaban J connectivity index is 2.32. The lowest BCUT2D eigenvalue weighted by molar-refractivity contribution is -0.137. The summed E-state index contributed by atoms with van der Waals surface area (Å²) >= 11 is 5.72. The van der Waals surface area contributed by atoms with E-state index in [0.717, 1.165) is 11.6 Å². The molecule has 2 N–H and O–H groups in total. The summed E-state index contributed by atoms with van der Waals surface area (Å²) < 4.78 is 37.8. The highest BCUT2D eigenvalue weighted by Gasteiger charge is 2.57. The van der Waals surface area contributed by atoms with Crippen LogP contribution in [0.2, 0.25) is 5.02 Å². The quantitative estimate of drug-likeness (QED) is 0.867. The van der Waals surface area contributed by atoms with E-state index in [0.29, 0.717) is 12.5 Å². The number of nitrogens with two attached hydrogens (primary N) is 1. The first kappa shape index (κ1) is 13.7. The van der Waals surface area contributed by atoms with Gasteiger partial charge >= 0.3 is 6.18 Å². The zero-order valence-corrected chi connectivity index (χ0v) is 10.9. The van der Waals surface area contributed by atoms with Gasteiger partial charge in [0.1, 0.15) is 0 Å². The molecule has 2 atom stereocenters. The average molecular weight is 278 g/mol. The molecule has 0 spiro atoms. The molecule has 1 aromatic rings. The number of benzene rings is 1. The molecular formula is C13H15ClF3N. The fraction of sp³-hybridized carbons (Fsp3) is 0.538. The summed E-state index contributed by atoms with van der Waals surface area (Å²) in [7, 11) is 0.